The zero-order valence-corrected chi connectivity index (χ0v) is 11.8. The zero-order valence-electron chi connectivity index (χ0n) is 11.8. The highest BCUT2D eigenvalue weighted by atomic mass is 16.2. The van der Waals surface area contributed by atoms with Crippen molar-refractivity contribution in [1.29, 1.82) is 0 Å². The molecule has 7 heteroatoms. The molecule has 1 amide bonds. The summed E-state index contributed by atoms with van der Waals surface area (Å²) in [5, 5.41) is 13.2. The first-order valence-corrected chi connectivity index (χ1v) is 7.04. The van der Waals surface area contributed by atoms with E-state index >= 15 is 0 Å². The lowest BCUT2D eigenvalue weighted by molar-refractivity contribution is 0.102. The van der Waals surface area contributed by atoms with Crippen molar-refractivity contribution in [2.24, 2.45) is 7.05 Å². The molecule has 0 radical (unpaired) electrons. The molecular weight excluding hydrogens is 270 g/mol. The summed E-state index contributed by atoms with van der Waals surface area (Å²) in [4.78, 5) is 23.4. The highest BCUT2D eigenvalue weighted by Crippen LogP contribution is 2.34. The van der Waals surface area contributed by atoms with Gasteiger partial charge in [0.1, 0.15) is 0 Å². The van der Waals surface area contributed by atoms with Crippen molar-refractivity contribution in [3.63, 3.8) is 0 Å². The van der Waals surface area contributed by atoms with Gasteiger partial charge in [0.15, 0.2) is 5.82 Å². The van der Waals surface area contributed by atoms with Crippen LogP contribution in [0, 0.1) is 0 Å². The first-order chi connectivity index (χ1) is 10.1. The number of aryl methyl sites for hydroxylation is 1. The number of H-pyrrole nitrogens is 1. The average molecular weight is 287 g/mol. The standard InChI is InChI=1S/C14H17N5O2/c1-19-8-10(13(18-19)9-4-2-3-5-9)14(21)15-11-6-7-12(20)17-16-11/h6-9H,2-5H2,1H3,(H,17,20)(H,15,16,21). The number of hydrogen-bond donors (Lipinski definition) is 2. The molecule has 0 spiro atoms. The van der Waals surface area contributed by atoms with E-state index in [1.807, 2.05) is 7.05 Å². The van der Waals surface area contributed by atoms with Crippen LogP contribution in [0.2, 0.25) is 0 Å². The Kier molecular flexibility index (Phi) is 3.55. The first kappa shape index (κ1) is 13.5. The summed E-state index contributed by atoms with van der Waals surface area (Å²) in [6.07, 6.45) is 6.25. The van der Waals surface area contributed by atoms with Crippen molar-refractivity contribution in [2.45, 2.75) is 31.6 Å². The van der Waals surface area contributed by atoms with Crippen molar-refractivity contribution in [1.82, 2.24) is 20.0 Å². The second-order valence-electron chi connectivity index (χ2n) is 5.34. The number of nitrogens with zero attached hydrogens (tertiary/aromatic N) is 3. The molecule has 0 saturated heterocycles. The van der Waals surface area contributed by atoms with Gasteiger partial charge in [-0.2, -0.15) is 10.2 Å². The van der Waals surface area contributed by atoms with Crippen LogP contribution >= 0.6 is 0 Å². The number of aromatic amines is 1. The quantitative estimate of drug-likeness (QED) is 0.892. The monoisotopic (exact) mass is 287 g/mol. The van der Waals surface area contributed by atoms with E-state index in [1.54, 1.807) is 10.9 Å². The minimum atomic E-state index is -0.305. The van der Waals surface area contributed by atoms with Crippen molar-refractivity contribution in [3.8, 4) is 0 Å². The number of nitrogens with one attached hydrogen (secondary N) is 2. The molecule has 0 unspecified atom stereocenters. The number of amides is 1. The lowest BCUT2D eigenvalue weighted by Gasteiger charge is -2.08. The van der Waals surface area contributed by atoms with E-state index in [1.165, 1.54) is 25.0 Å². The van der Waals surface area contributed by atoms with E-state index in [0.29, 0.717) is 17.3 Å². The van der Waals surface area contributed by atoms with Gasteiger partial charge in [-0.1, -0.05) is 12.8 Å². The molecule has 0 atom stereocenters. The predicted octanol–water partition coefficient (Wildman–Crippen LogP) is 1.41. The molecule has 2 aromatic rings. The number of carbonyl (C=O) groups excluding carboxylic acids is 1. The third-order valence-electron chi connectivity index (χ3n) is 3.76. The van der Waals surface area contributed by atoms with Gasteiger partial charge in [0, 0.05) is 25.2 Å². The Hall–Kier alpha value is -2.44. The fourth-order valence-electron chi connectivity index (χ4n) is 2.78. The van der Waals surface area contributed by atoms with Crippen LogP contribution in [0.1, 0.15) is 47.7 Å². The van der Waals surface area contributed by atoms with Crippen molar-refractivity contribution in [2.75, 3.05) is 5.32 Å². The number of rotatable bonds is 3. The molecule has 0 bridgehead atoms. The van der Waals surface area contributed by atoms with Gasteiger partial charge in [0.05, 0.1) is 11.3 Å². The van der Waals surface area contributed by atoms with Crippen molar-refractivity contribution < 1.29 is 4.79 Å². The molecule has 21 heavy (non-hydrogen) atoms. The van der Waals surface area contributed by atoms with Crippen LogP contribution in [0.25, 0.3) is 0 Å². The molecule has 1 aliphatic carbocycles. The van der Waals surface area contributed by atoms with Gasteiger partial charge >= 0.3 is 0 Å². The smallest absolute Gasteiger partial charge is 0.264 e. The molecular formula is C14H17N5O2. The van der Waals surface area contributed by atoms with Crippen LogP contribution in [0.4, 0.5) is 5.82 Å². The normalized spacial score (nSPS) is 15.3. The third-order valence-corrected chi connectivity index (χ3v) is 3.76. The summed E-state index contributed by atoms with van der Waals surface area (Å²) in [5.74, 6) is 0.431. The molecule has 2 heterocycles. The Bertz CT molecular complexity index is 692. The Balaban J connectivity index is 1.83. The molecule has 0 aromatic carbocycles. The second-order valence-corrected chi connectivity index (χ2v) is 5.34. The number of carbonyl (C=O) groups is 1. The summed E-state index contributed by atoms with van der Waals surface area (Å²) in [7, 11) is 1.81. The van der Waals surface area contributed by atoms with E-state index in [-0.39, 0.29) is 11.5 Å². The molecule has 2 N–H and O–H groups in total. The van der Waals surface area contributed by atoms with Crippen LogP contribution in [-0.2, 0) is 7.05 Å². The molecule has 3 rings (SSSR count). The van der Waals surface area contributed by atoms with Gasteiger partial charge < -0.3 is 5.32 Å². The summed E-state index contributed by atoms with van der Waals surface area (Å²) in [6, 6.07) is 2.80. The van der Waals surface area contributed by atoms with E-state index in [4.69, 9.17) is 0 Å². The lowest BCUT2D eigenvalue weighted by Crippen LogP contribution is -2.17. The summed E-state index contributed by atoms with van der Waals surface area (Å²) < 4.78 is 1.67. The fraction of sp³-hybridized carbons (Fsp3) is 0.429. The summed E-state index contributed by atoms with van der Waals surface area (Å²) in [5.41, 5.74) is 1.13. The molecule has 1 saturated carbocycles. The fourth-order valence-corrected chi connectivity index (χ4v) is 2.78. The van der Waals surface area contributed by atoms with Gasteiger partial charge in [-0.3, -0.25) is 14.3 Å². The number of hydrogen-bond acceptors (Lipinski definition) is 4. The summed E-state index contributed by atoms with van der Waals surface area (Å²) in [6.45, 7) is 0. The van der Waals surface area contributed by atoms with Gasteiger partial charge in [0.2, 0.25) is 0 Å². The average Bonchev–Trinajstić information content (AvgIpc) is 3.10. The first-order valence-electron chi connectivity index (χ1n) is 7.04. The third kappa shape index (κ3) is 2.86. The van der Waals surface area contributed by atoms with Gasteiger partial charge in [0.25, 0.3) is 11.5 Å². The zero-order chi connectivity index (χ0) is 14.8. The molecule has 110 valence electrons. The maximum Gasteiger partial charge on any atom is 0.264 e. The largest absolute Gasteiger partial charge is 0.305 e. The molecule has 7 nitrogen and oxygen atoms in total. The van der Waals surface area contributed by atoms with Gasteiger partial charge in [-0.25, -0.2) is 5.10 Å². The van der Waals surface area contributed by atoms with Crippen molar-refractivity contribution >= 4 is 11.7 Å². The van der Waals surface area contributed by atoms with E-state index < -0.39 is 0 Å². The van der Waals surface area contributed by atoms with Crippen LogP contribution < -0.4 is 10.9 Å². The van der Waals surface area contributed by atoms with Crippen LogP contribution in [-0.4, -0.2) is 25.9 Å². The highest BCUT2D eigenvalue weighted by molar-refractivity contribution is 6.04. The maximum atomic E-state index is 12.4. The molecule has 1 aliphatic rings. The van der Waals surface area contributed by atoms with Gasteiger partial charge in [-0.05, 0) is 18.9 Å². The van der Waals surface area contributed by atoms with E-state index in [9.17, 15) is 9.59 Å². The lowest BCUT2D eigenvalue weighted by atomic mass is 10.0. The highest BCUT2D eigenvalue weighted by Gasteiger charge is 2.26. The number of anilines is 1. The van der Waals surface area contributed by atoms with Crippen LogP contribution in [0.15, 0.2) is 23.1 Å². The minimum Gasteiger partial charge on any atom is -0.305 e. The van der Waals surface area contributed by atoms with Crippen molar-refractivity contribution in [3.05, 3.63) is 39.9 Å². The van der Waals surface area contributed by atoms with Crippen LogP contribution in [0.3, 0.4) is 0 Å². The molecule has 1 fully saturated rings. The molecule has 0 aliphatic heterocycles. The topological polar surface area (TPSA) is 92.7 Å². The molecule has 2 aromatic heterocycles. The summed E-state index contributed by atoms with van der Waals surface area (Å²) >= 11 is 0. The maximum absolute atomic E-state index is 12.4. The Labute approximate surface area is 121 Å². The predicted molar refractivity (Wildman–Crippen MR) is 77.2 cm³/mol. The van der Waals surface area contributed by atoms with Crippen LogP contribution in [0.5, 0.6) is 0 Å². The van der Waals surface area contributed by atoms with Gasteiger partial charge in [-0.15, -0.1) is 0 Å². The second kappa shape index (κ2) is 5.51. The Morgan fingerprint density at radius 1 is 1.38 bits per heavy atom. The minimum absolute atomic E-state index is 0.246. The van der Waals surface area contributed by atoms with E-state index in [2.05, 4.69) is 20.6 Å². The SMILES string of the molecule is Cn1cc(C(=O)Nc2ccc(=O)[nH]n2)c(C2CCCC2)n1. The van der Waals surface area contributed by atoms with E-state index in [0.717, 1.165) is 18.5 Å². The number of aromatic nitrogens is 4. The Morgan fingerprint density at radius 3 is 2.81 bits per heavy atom. The Morgan fingerprint density at radius 2 is 2.14 bits per heavy atom.